The first-order valence-electron chi connectivity index (χ1n) is 9.05. The SMILES string of the molecule is Cc1ccccc1Nc1cc(Nc2ccc(N3CCCC3)cc2)ncn1. The molecule has 0 radical (unpaired) electrons. The number of benzene rings is 2. The highest BCUT2D eigenvalue weighted by Gasteiger charge is 2.11. The molecule has 26 heavy (non-hydrogen) atoms. The largest absolute Gasteiger partial charge is 0.372 e. The van der Waals surface area contributed by atoms with Gasteiger partial charge in [-0.3, -0.25) is 0 Å². The molecule has 2 N–H and O–H groups in total. The summed E-state index contributed by atoms with van der Waals surface area (Å²) in [5, 5.41) is 6.70. The highest BCUT2D eigenvalue weighted by Crippen LogP contribution is 2.24. The Kier molecular flexibility index (Phi) is 4.69. The van der Waals surface area contributed by atoms with Gasteiger partial charge in [0.1, 0.15) is 18.0 Å². The van der Waals surface area contributed by atoms with Crippen molar-refractivity contribution in [2.75, 3.05) is 28.6 Å². The smallest absolute Gasteiger partial charge is 0.135 e. The Hall–Kier alpha value is -3.08. The van der Waals surface area contributed by atoms with E-state index in [1.807, 2.05) is 24.3 Å². The minimum Gasteiger partial charge on any atom is -0.372 e. The van der Waals surface area contributed by atoms with Crippen molar-refractivity contribution in [2.24, 2.45) is 0 Å². The fourth-order valence-corrected chi connectivity index (χ4v) is 3.22. The molecule has 0 saturated carbocycles. The van der Waals surface area contributed by atoms with Crippen LogP contribution in [-0.2, 0) is 0 Å². The van der Waals surface area contributed by atoms with Crippen molar-refractivity contribution in [3.63, 3.8) is 0 Å². The van der Waals surface area contributed by atoms with Crippen LogP contribution in [0.25, 0.3) is 0 Å². The van der Waals surface area contributed by atoms with Crippen LogP contribution in [0.2, 0.25) is 0 Å². The molecule has 1 saturated heterocycles. The molecule has 2 aromatic carbocycles. The third-order valence-electron chi connectivity index (χ3n) is 4.69. The Labute approximate surface area is 154 Å². The predicted octanol–water partition coefficient (Wildman–Crippen LogP) is 4.87. The molecule has 3 aromatic rings. The van der Waals surface area contributed by atoms with E-state index in [4.69, 9.17) is 0 Å². The van der Waals surface area contributed by atoms with E-state index >= 15 is 0 Å². The van der Waals surface area contributed by atoms with Gasteiger partial charge >= 0.3 is 0 Å². The van der Waals surface area contributed by atoms with Crippen LogP contribution in [0.3, 0.4) is 0 Å². The summed E-state index contributed by atoms with van der Waals surface area (Å²) in [5.74, 6) is 1.54. The molecule has 0 amide bonds. The van der Waals surface area contributed by atoms with Crippen LogP contribution < -0.4 is 15.5 Å². The highest BCUT2D eigenvalue weighted by atomic mass is 15.1. The fourth-order valence-electron chi connectivity index (χ4n) is 3.22. The normalized spacial score (nSPS) is 13.7. The van der Waals surface area contributed by atoms with Gasteiger partial charge in [-0.05, 0) is 55.7 Å². The minimum absolute atomic E-state index is 0.769. The van der Waals surface area contributed by atoms with Crippen molar-refractivity contribution >= 4 is 28.7 Å². The summed E-state index contributed by atoms with van der Waals surface area (Å²) in [5.41, 5.74) is 4.54. The molecule has 4 rings (SSSR count). The summed E-state index contributed by atoms with van der Waals surface area (Å²) in [6.45, 7) is 4.39. The van der Waals surface area contributed by atoms with Gasteiger partial charge < -0.3 is 15.5 Å². The van der Waals surface area contributed by atoms with Gasteiger partial charge in [-0.15, -0.1) is 0 Å². The molecule has 0 aliphatic carbocycles. The average Bonchev–Trinajstić information content (AvgIpc) is 3.19. The second kappa shape index (κ2) is 7.44. The first-order chi connectivity index (χ1) is 12.8. The second-order valence-corrected chi connectivity index (χ2v) is 6.59. The lowest BCUT2D eigenvalue weighted by atomic mass is 10.2. The van der Waals surface area contributed by atoms with E-state index in [2.05, 4.69) is 62.8 Å². The molecular weight excluding hydrogens is 322 g/mol. The molecule has 1 aliphatic rings. The quantitative estimate of drug-likeness (QED) is 0.691. The van der Waals surface area contributed by atoms with E-state index < -0.39 is 0 Å². The Morgan fingerprint density at radius 2 is 1.54 bits per heavy atom. The first kappa shape index (κ1) is 16.4. The van der Waals surface area contributed by atoms with Crippen LogP contribution in [0.4, 0.5) is 28.7 Å². The number of nitrogens with one attached hydrogen (secondary N) is 2. The number of aryl methyl sites for hydroxylation is 1. The van der Waals surface area contributed by atoms with Crippen molar-refractivity contribution in [3.8, 4) is 0 Å². The zero-order valence-corrected chi connectivity index (χ0v) is 14.9. The Bertz CT molecular complexity index is 870. The summed E-state index contributed by atoms with van der Waals surface area (Å²) in [7, 11) is 0. The molecule has 1 aliphatic heterocycles. The van der Waals surface area contributed by atoms with Gasteiger partial charge in [0, 0.05) is 36.2 Å². The maximum absolute atomic E-state index is 4.33. The van der Waals surface area contributed by atoms with Crippen molar-refractivity contribution in [1.82, 2.24) is 9.97 Å². The number of hydrogen-bond acceptors (Lipinski definition) is 5. The van der Waals surface area contributed by atoms with E-state index in [9.17, 15) is 0 Å². The number of rotatable bonds is 5. The lowest BCUT2D eigenvalue weighted by Gasteiger charge is -2.18. The zero-order valence-electron chi connectivity index (χ0n) is 14.9. The van der Waals surface area contributed by atoms with Gasteiger partial charge in [-0.25, -0.2) is 9.97 Å². The fraction of sp³-hybridized carbons (Fsp3) is 0.238. The average molecular weight is 345 g/mol. The standard InChI is InChI=1S/C21H23N5/c1-16-6-2-3-7-19(16)25-21-14-20(22-15-23-21)24-17-8-10-18(11-9-17)26-12-4-5-13-26/h2-3,6-11,14-15H,4-5,12-13H2,1H3,(H2,22,23,24,25). The zero-order chi connectivity index (χ0) is 17.8. The Morgan fingerprint density at radius 3 is 2.27 bits per heavy atom. The summed E-state index contributed by atoms with van der Waals surface area (Å²) in [4.78, 5) is 11.1. The second-order valence-electron chi connectivity index (χ2n) is 6.59. The van der Waals surface area contributed by atoms with E-state index in [0.717, 1.165) is 36.1 Å². The van der Waals surface area contributed by atoms with Gasteiger partial charge in [0.25, 0.3) is 0 Å². The molecule has 0 bridgehead atoms. The lowest BCUT2D eigenvalue weighted by Crippen LogP contribution is -2.17. The van der Waals surface area contributed by atoms with E-state index in [1.165, 1.54) is 24.1 Å². The van der Waals surface area contributed by atoms with Crippen molar-refractivity contribution in [1.29, 1.82) is 0 Å². The van der Waals surface area contributed by atoms with Gasteiger partial charge in [0.05, 0.1) is 0 Å². The van der Waals surface area contributed by atoms with Crippen LogP contribution in [0.1, 0.15) is 18.4 Å². The first-order valence-corrected chi connectivity index (χ1v) is 9.05. The van der Waals surface area contributed by atoms with Crippen molar-refractivity contribution in [3.05, 3.63) is 66.5 Å². The Balaban J connectivity index is 1.46. The van der Waals surface area contributed by atoms with E-state index in [1.54, 1.807) is 6.33 Å². The third-order valence-corrected chi connectivity index (χ3v) is 4.69. The molecular formula is C21H23N5. The van der Waals surface area contributed by atoms with Gasteiger partial charge in [0.2, 0.25) is 0 Å². The maximum Gasteiger partial charge on any atom is 0.135 e. The van der Waals surface area contributed by atoms with Crippen molar-refractivity contribution in [2.45, 2.75) is 19.8 Å². The molecule has 5 heteroatoms. The van der Waals surface area contributed by atoms with Crippen LogP contribution >= 0.6 is 0 Å². The summed E-state index contributed by atoms with van der Waals surface area (Å²) in [6, 6.07) is 18.6. The molecule has 132 valence electrons. The summed E-state index contributed by atoms with van der Waals surface area (Å²) >= 11 is 0. The number of anilines is 5. The molecule has 0 spiro atoms. The van der Waals surface area contributed by atoms with Crippen LogP contribution in [0.15, 0.2) is 60.9 Å². The lowest BCUT2D eigenvalue weighted by molar-refractivity contribution is 0.949. The van der Waals surface area contributed by atoms with E-state index in [-0.39, 0.29) is 0 Å². The summed E-state index contributed by atoms with van der Waals surface area (Å²) in [6.07, 6.45) is 4.15. The van der Waals surface area contributed by atoms with Crippen LogP contribution in [0.5, 0.6) is 0 Å². The predicted molar refractivity (Wildman–Crippen MR) is 108 cm³/mol. The third kappa shape index (κ3) is 3.77. The van der Waals surface area contributed by atoms with E-state index in [0.29, 0.717) is 0 Å². The molecule has 0 unspecified atom stereocenters. The van der Waals surface area contributed by atoms with Gasteiger partial charge in [-0.2, -0.15) is 0 Å². The molecule has 5 nitrogen and oxygen atoms in total. The molecule has 1 aromatic heterocycles. The van der Waals surface area contributed by atoms with Crippen LogP contribution in [0, 0.1) is 6.92 Å². The molecule has 0 atom stereocenters. The Morgan fingerprint density at radius 1 is 0.846 bits per heavy atom. The minimum atomic E-state index is 0.769. The van der Waals surface area contributed by atoms with Gasteiger partial charge in [-0.1, -0.05) is 18.2 Å². The van der Waals surface area contributed by atoms with Crippen molar-refractivity contribution < 1.29 is 0 Å². The monoisotopic (exact) mass is 345 g/mol. The number of para-hydroxylation sites is 1. The highest BCUT2D eigenvalue weighted by molar-refractivity contribution is 5.65. The van der Waals surface area contributed by atoms with Crippen LogP contribution in [-0.4, -0.2) is 23.1 Å². The number of hydrogen-bond donors (Lipinski definition) is 2. The number of nitrogens with zero attached hydrogens (tertiary/aromatic N) is 3. The molecule has 2 heterocycles. The van der Waals surface area contributed by atoms with Gasteiger partial charge in [0.15, 0.2) is 0 Å². The summed E-state index contributed by atoms with van der Waals surface area (Å²) < 4.78 is 0. The number of aromatic nitrogens is 2. The molecule has 1 fully saturated rings. The topological polar surface area (TPSA) is 53.1 Å². The maximum atomic E-state index is 4.33.